The van der Waals surface area contributed by atoms with Crippen LogP contribution in [0, 0.1) is 23.2 Å². The van der Waals surface area contributed by atoms with Gasteiger partial charge in [0.2, 0.25) is 0 Å². The van der Waals surface area contributed by atoms with Crippen LogP contribution in [0.2, 0.25) is 0 Å². The Morgan fingerprint density at radius 1 is 1.20 bits per heavy atom. The van der Waals surface area contributed by atoms with Crippen LogP contribution in [0.4, 0.5) is 0 Å². The first-order valence-electron chi connectivity index (χ1n) is 8.38. The maximum atomic E-state index is 4.45. The minimum Gasteiger partial charge on any atom is -0.247 e. The summed E-state index contributed by atoms with van der Waals surface area (Å²) in [5.74, 6) is 2.84. The molecule has 20 heavy (non-hydrogen) atoms. The first-order chi connectivity index (χ1) is 9.45. The lowest BCUT2D eigenvalue weighted by atomic mass is 9.82. The van der Waals surface area contributed by atoms with Crippen LogP contribution in [0.3, 0.4) is 0 Å². The van der Waals surface area contributed by atoms with E-state index in [1.54, 1.807) is 0 Å². The Labute approximate surface area is 123 Å². The lowest BCUT2D eigenvalue weighted by Crippen LogP contribution is -2.15. The van der Waals surface area contributed by atoms with E-state index in [1.807, 2.05) is 0 Å². The third-order valence-corrected chi connectivity index (χ3v) is 5.93. The van der Waals surface area contributed by atoms with E-state index in [4.69, 9.17) is 0 Å². The Bertz CT molecular complexity index is 486. The summed E-state index contributed by atoms with van der Waals surface area (Å²) in [6.45, 7) is 11.7. The number of nitrogens with zero attached hydrogens (tertiary/aromatic N) is 3. The molecule has 2 aliphatic rings. The second-order valence-electron chi connectivity index (χ2n) is 7.79. The Hall–Kier alpha value is -0.860. The van der Waals surface area contributed by atoms with Gasteiger partial charge in [0.05, 0.1) is 11.4 Å². The van der Waals surface area contributed by atoms with Gasteiger partial charge in [-0.05, 0) is 62.7 Å². The van der Waals surface area contributed by atoms with Gasteiger partial charge in [0.25, 0.3) is 0 Å². The van der Waals surface area contributed by atoms with Crippen molar-refractivity contribution in [3.8, 4) is 0 Å². The van der Waals surface area contributed by atoms with Crippen LogP contribution >= 0.6 is 0 Å². The van der Waals surface area contributed by atoms with E-state index >= 15 is 0 Å². The van der Waals surface area contributed by atoms with Gasteiger partial charge >= 0.3 is 0 Å². The van der Waals surface area contributed by atoms with Gasteiger partial charge in [-0.1, -0.05) is 32.4 Å². The second kappa shape index (κ2) is 4.85. The predicted molar refractivity (Wildman–Crippen MR) is 81.6 cm³/mol. The topological polar surface area (TPSA) is 30.7 Å². The van der Waals surface area contributed by atoms with Crippen LogP contribution in [-0.2, 0) is 12.8 Å². The van der Waals surface area contributed by atoms with E-state index in [2.05, 4.69) is 49.6 Å². The van der Waals surface area contributed by atoms with Crippen molar-refractivity contribution in [3.05, 3.63) is 11.4 Å². The second-order valence-corrected chi connectivity index (χ2v) is 7.79. The van der Waals surface area contributed by atoms with Crippen molar-refractivity contribution in [1.82, 2.24) is 15.0 Å². The monoisotopic (exact) mass is 275 g/mol. The first-order valence-corrected chi connectivity index (χ1v) is 8.38. The fourth-order valence-corrected chi connectivity index (χ4v) is 4.45. The van der Waals surface area contributed by atoms with Gasteiger partial charge in [-0.3, -0.25) is 0 Å². The molecular formula is C17H29N3. The molecule has 0 bridgehead atoms. The molecule has 0 amide bonds. The Morgan fingerprint density at radius 2 is 1.85 bits per heavy atom. The predicted octanol–water partition coefficient (Wildman–Crippen LogP) is 4.04. The zero-order valence-electron chi connectivity index (χ0n) is 13.7. The molecule has 1 aromatic heterocycles. The van der Waals surface area contributed by atoms with Gasteiger partial charge in [0.15, 0.2) is 0 Å². The Kier molecular flexibility index (Phi) is 3.42. The highest BCUT2D eigenvalue weighted by Gasteiger charge is 2.55. The number of hydrogen-bond donors (Lipinski definition) is 0. The smallest absolute Gasteiger partial charge is 0.0859 e. The first kappa shape index (κ1) is 14.1. The van der Waals surface area contributed by atoms with Crippen LogP contribution in [-0.4, -0.2) is 15.0 Å². The molecule has 3 rings (SSSR count). The average Bonchev–Trinajstić information content (AvgIpc) is 2.92. The van der Waals surface area contributed by atoms with Crippen LogP contribution < -0.4 is 0 Å². The number of fused-ring (bicyclic) bond motifs is 2. The summed E-state index contributed by atoms with van der Waals surface area (Å²) in [6.07, 6.45) is 6.28. The molecule has 0 spiro atoms. The average molecular weight is 275 g/mol. The quantitative estimate of drug-likeness (QED) is 0.833. The van der Waals surface area contributed by atoms with Crippen molar-refractivity contribution in [2.75, 3.05) is 0 Å². The molecular weight excluding hydrogens is 246 g/mol. The number of hydrogen-bond acceptors (Lipinski definition) is 2. The largest absolute Gasteiger partial charge is 0.247 e. The van der Waals surface area contributed by atoms with Crippen molar-refractivity contribution in [2.24, 2.45) is 23.2 Å². The van der Waals surface area contributed by atoms with E-state index in [-0.39, 0.29) is 0 Å². The van der Waals surface area contributed by atoms with Crippen LogP contribution in [0.25, 0.3) is 0 Å². The van der Waals surface area contributed by atoms with Crippen LogP contribution in [0.1, 0.15) is 71.3 Å². The van der Waals surface area contributed by atoms with Crippen molar-refractivity contribution < 1.29 is 0 Å². The number of aryl methyl sites for hydroxylation is 1. The van der Waals surface area contributed by atoms with Gasteiger partial charge in [-0.15, -0.1) is 5.10 Å². The third kappa shape index (κ3) is 2.19. The molecule has 0 radical (unpaired) electrons. The number of aromatic nitrogens is 3. The molecule has 112 valence electrons. The Balaban J connectivity index is 1.78. The SMILES string of the molecule is CCC(C)(C)C1[C@H]2CCc3c(nnn3C(C)C)CC[C@@H]12. The van der Waals surface area contributed by atoms with E-state index in [0.717, 1.165) is 24.2 Å². The summed E-state index contributed by atoms with van der Waals surface area (Å²) in [7, 11) is 0. The summed E-state index contributed by atoms with van der Waals surface area (Å²) >= 11 is 0. The maximum absolute atomic E-state index is 4.45. The zero-order chi connectivity index (χ0) is 14.5. The summed E-state index contributed by atoms with van der Waals surface area (Å²) in [5, 5.41) is 8.82. The van der Waals surface area contributed by atoms with E-state index < -0.39 is 0 Å². The maximum Gasteiger partial charge on any atom is 0.0859 e. The molecule has 3 heteroatoms. The molecule has 0 saturated heterocycles. The van der Waals surface area contributed by atoms with Crippen LogP contribution in [0.15, 0.2) is 0 Å². The van der Waals surface area contributed by atoms with E-state index in [9.17, 15) is 0 Å². The fraction of sp³-hybridized carbons (Fsp3) is 0.882. The minimum absolute atomic E-state index is 0.434. The molecule has 1 saturated carbocycles. The molecule has 1 fully saturated rings. The van der Waals surface area contributed by atoms with Gasteiger partial charge in [-0.2, -0.15) is 0 Å². The normalized spacial score (nSPS) is 29.6. The summed E-state index contributed by atoms with van der Waals surface area (Å²) in [6, 6.07) is 0.434. The minimum atomic E-state index is 0.434. The van der Waals surface area contributed by atoms with Crippen LogP contribution in [0.5, 0.6) is 0 Å². The van der Waals surface area contributed by atoms with Crippen molar-refractivity contribution >= 4 is 0 Å². The molecule has 0 aliphatic heterocycles. The molecule has 1 aromatic rings. The van der Waals surface area contributed by atoms with Gasteiger partial charge in [0, 0.05) is 6.04 Å². The van der Waals surface area contributed by atoms with Gasteiger partial charge in [-0.25, -0.2) is 4.68 Å². The molecule has 1 unspecified atom stereocenters. The summed E-state index contributed by atoms with van der Waals surface area (Å²) in [4.78, 5) is 0. The lowest BCUT2D eigenvalue weighted by Gasteiger charge is -2.23. The van der Waals surface area contributed by atoms with E-state index in [0.29, 0.717) is 11.5 Å². The van der Waals surface area contributed by atoms with Crippen molar-refractivity contribution in [1.29, 1.82) is 0 Å². The molecule has 2 aliphatic carbocycles. The molecule has 0 aromatic carbocycles. The molecule has 1 heterocycles. The fourth-order valence-electron chi connectivity index (χ4n) is 4.45. The summed E-state index contributed by atoms with van der Waals surface area (Å²) in [5.41, 5.74) is 3.21. The van der Waals surface area contributed by atoms with E-state index in [1.165, 1.54) is 37.1 Å². The van der Waals surface area contributed by atoms with Gasteiger partial charge in [0.1, 0.15) is 0 Å². The summed E-state index contributed by atoms with van der Waals surface area (Å²) < 4.78 is 2.15. The van der Waals surface area contributed by atoms with Crippen molar-refractivity contribution in [2.45, 2.75) is 72.8 Å². The Morgan fingerprint density at radius 3 is 2.45 bits per heavy atom. The highest BCUT2D eigenvalue weighted by atomic mass is 15.4. The lowest BCUT2D eigenvalue weighted by molar-refractivity contribution is 0.266. The third-order valence-electron chi connectivity index (χ3n) is 5.93. The standard InChI is InChI=1S/C17H29N3/c1-6-17(4,5)16-12-7-9-14-15(10-8-13(12)16)20(11(2)3)19-18-14/h11-13,16H,6-10H2,1-5H3/t12-,13+,16?/m1/s1. The number of rotatable bonds is 3. The van der Waals surface area contributed by atoms with Gasteiger partial charge < -0.3 is 0 Å². The van der Waals surface area contributed by atoms with Crippen molar-refractivity contribution in [3.63, 3.8) is 0 Å². The molecule has 3 nitrogen and oxygen atoms in total. The highest BCUT2D eigenvalue weighted by Crippen LogP contribution is 2.61. The zero-order valence-corrected chi connectivity index (χ0v) is 13.7. The highest BCUT2D eigenvalue weighted by molar-refractivity contribution is 5.16. The molecule has 3 atom stereocenters. The molecule has 0 N–H and O–H groups in total.